The Morgan fingerprint density at radius 3 is 0.692 bits per heavy atom. The van der Waals surface area contributed by atoms with Gasteiger partial charge in [0.05, 0.1) is 0 Å². The second-order valence-corrected chi connectivity index (χ2v) is 19.8. The summed E-state index contributed by atoms with van der Waals surface area (Å²) in [4.78, 5) is 0. The molecule has 0 heteroatoms. The summed E-state index contributed by atoms with van der Waals surface area (Å²) in [6.45, 7) is 37.1. The van der Waals surface area contributed by atoms with Crippen LogP contribution in [0, 0.1) is 13.8 Å². The normalized spacial score (nSPS) is 13.4. The highest BCUT2D eigenvalue weighted by Crippen LogP contribution is 2.41. The second kappa shape index (κ2) is 13.5. The van der Waals surface area contributed by atoms with Crippen molar-refractivity contribution in [3.8, 4) is 0 Å². The molecule has 0 fully saturated rings. The van der Waals surface area contributed by atoms with E-state index in [0.29, 0.717) is 0 Å². The summed E-state index contributed by atoms with van der Waals surface area (Å²) in [6.07, 6.45) is 0. The summed E-state index contributed by atoms with van der Waals surface area (Å²) in [7, 11) is 0. The van der Waals surface area contributed by atoms with E-state index in [2.05, 4.69) is 220 Å². The van der Waals surface area contributed by atoms with Gasteiger partial charge in [0.25, 0.3) is 0 Å². The van der Waals surface area contributed by atoms with Crippen LogP contribution in [-0.2, 0) is 32.5 Å². The molecule has 0 saturated carbocycles. The Kier molecular flexibility index (Phi) is 10.2. The Bertz CT molecular complexity index is 1860. The van der Waals surface area contributed by atoms with Crippen LogP contribution in [0.5, 0.6) is 0 Å². The molecule has 0 bridgehead atoms. The van der Waals surface area contributed by atoms with E-state index in [1.807, 2.05) is 0 Å². The van der Waals surface area contributed by atoms with Crippen LogP contribution < -0.4 is 0 Å². The zero-order valence-corrected chi connectivity index (χ0v) is 35.4. The molecule has 0 unspecified atom stereocenters. The summed E-state index contributed by atoms with van der Waals surface area (Å²) < 4.78 is 0. The zero-order valence-electron chi connectivity index (χ0n) is 35.4. The van der Waals surface area contributed by atoms with Crippen molar-refractivity contribution in [2.45, 2.75) is 143 Å². The Labute approximate surface area is 318 Å². The van der Waals surface area contributed by atoms with Crippen molar-refractivity contribution in [2.24, 2.45) is 0 Å². The second-order valence-electron chi connectivity index (χ2n) is 19.8. The predicted molar refractivity (Wildman–Crippen MR) is 228 cm³/mol. The average molecular weight is 691 g/mol. The van der Waals surface area contributed by atoms with Crippen LogP contribution >= 0.6 is 0 Å². The maximum absolute atomic E-state index is 2.42. The fraction of sp³-hybridized carbons (Fsp3) is 0.423. The van der Waals surface area contributed by atoms with Gasteiger partial charge in [-0.05, 0) is 91.4 Å². The average Bonchev–Trinajstić information content (AvgIpc) is 3.07. The lowest BCUT2D eigenvalue weighted by Gasteiger charge is -2.33. The van der Waals surface area contributed by atoms with E-state index >= 15 is 0 Å². The molecule has 0 aromatic heterocycles. The molecule has 0 atom stereocenters. The van der Waals surface area contributed by atoms with Crippen LogP contribution in [0.2, 0.25) is 0 Å². The van der Waals surface area contributed by atoms with Gasteiger partial charge in [0.15, 0.2) is 0 Å². The molecule has 0 aliphatic heterocycles. The Morgan fingerprint density at radius 1 is 0.250 bits per heavy atom. The van der Waals surface area contributed by atoms with Crippen molar-refractivity contribution in [3.63, 3.8) is 0 Å². The van der Waals surface area contributed by atoms with Gasteiger partial charge in [-0.25, -0.2) is 0 Å². The van der Waals surface area contributed by atoms with Crippen molar-refractivity contribution in [3.05, 3.63) is 176 Å². The van der Waals surface area contributed by atoms with E-state index in [-0.39, 0.29) is 32.5 Å². The third-order valence-corrected chi connectivity index (χ3v) is 12.5. The largest absolute Gasteiger partial charge is 0.0582 e. The first kappa shape index (κ1) is 39.3. The standard InChI is InChI=1S/C52H66/c1-35-33-43(29-31-45(35)51(13,14)41-21-17-37(18-22-41)47(3,4)5)49(9,10)39-25-27-40(28-26-39)50(11,12)44-30-32-46(36(2)34-44)52(15,16)42-23-19-38(20-24-42)48(6,7)8/h17-34H,1-16H3. The predicted octanol–water partition coefficient (Wildman–Crippen LogP) is 14.2. The van der Waals surface area contributed by atoms with Crippen molar-refractivity contribution in [1.82, 2.24) is 0 Å². The van der Waals surface area contributed by atoms with Crippen LogP contribution in [0.3, 0.4) is 0 Å². The van der Waals surface area contributed by atoms with Gasteiger partial charge in [-0.15, -0.1) is 0 Å². The summed E-state index contributed by atoms with van der Waals surface area (Å²) in [5, 5.41) is 0. The number of hydrogen-bond acceptors (Lipinski definition) is 0. The summed E-state index contributed by atoms with van der Waals surface area (Å²) >= 11 is 0. The molecule has 52 heavy (non-hydrogen) atoms. The SMILES string of the molecule is Cc1cc(C(C)(C)c2ccc(C(C)(C)c3ccc(C(C)(C)c4ccc(C(C)(C)C)cc4)c(C)c3)cc2)ccc1C(C)(C)c1ccc(C(C)(C)C)cc1. The maximum atomic E-state index is 2.42. The van der Waals surface area contributed by atoms with Crippen LogP contribution in [0.4, 0.5) is 0 Å². The fourth-order valence-corrected chi connectivity index (χ4v) is 8.23. The molecule has 0 N–H and O–H groups in total. The van der Waals surface area contributed by atoms with Crippen LogP contribution in [-0.4, -0.2) is 0 Å². The third-order valence-electron chi connectivity index (χ3n) is 12.5. The van der Waals surface area contributed by atoms with Crippen LogP contribution in [0.1, 0.15) is 164 Å². The molecule has 274 valence electrons. The molecule has 5 aromatic carbocycles. The Balaban J connectivity index is 1.37. The first-order valence-electron chi connectivity index (χ1n) is 19.4. The van der Waals surface area contributed by atoms with Gasteiger partial charge < -0.3 is 0 Å². The van der Waals surface area contributed by atoms with Crippen molar-refractivity contribution in [2.75, 3.05) is 0 Å². The highest BCUT2D eigenvalue weighted by molar-refractivity contribution is 5.51. The van der Waals surface area contributed by atoms with E-state index in [9.17, 15) is 0 Å². The van der Waals surface area contributed by atoms with Gasteiger partial charge in [-0.2, -0.15) is 0 Å². The molecule has 0 spiro atoms. The number of hydrogen-bond donors (Lipinski definition) is 0. The van der Waals surface area contributed by atoms with Gasteiger partial charge in [0.2, 0.25) is 0 Å². The maximum Gasteiger partial charge on any atom is 0.0149 e. The van der Waals surface area contributed by atoms with E-state index in [4.69, 9.17) is 0 Å². The lowest BCUT2D eigenvalue weighted by Crippen LogP contribution is -2.24. The Morgan fingerprint density at radius 2 is 0.462 bits per heavy atom. The van der Waals surface area contributed by atoms with Gasteiger partial charge in [-0.3, -0.25) is 0 Å². The van der Waals surface area contributed by atoms with Gasteiger partial charge in [-0.1, -0.05) is 206 Å². The molecule has 0 saturated heterocycles. The minimum atomic E-state index is -0.126. The summed E-state index contributed by atoms with van der Waals surface area (Å²) in [6, 6.07) is 42.2. The van der Waals surface area contributed by atoms with Crippen LogP contribution in [0.15, 0.2) is 109 Å². The molecule has 0 heterocycles. The molecule has 0 aliphatic rings. The molecule has 0 radical (unpaired) electrons. The highest BCUT2D eigenvalue weighted by Gasteiger charge is 2.31. The van der Waals surface area contributed by atoms with Gasteiger partial charge in [0.1, 0.15) is 0 Å². The zero-order chi connectivity index (χ0) is 38.7. The first-order chi connectivity index (χ1) is 23.9. The van der Waals surface area contributed by atoms with E-state index in [0.717, 1.165) is 0 Å². The lowest BCUT2D eigenvalue weighted by atomic mass is 9.71. The fourth-order valence-electron chi connectivity index (χ4n) is 8.23. The lowest BCUT2D eigenvalue weighted by molar-refractivity contribution is 0.586. The molecule has 5 aromatic rings. The van der Waals surface area contributed by atoms with E-state index in [1.54, 1.807) is 0 Å². The van der Waals surface area contributed by atoms with Gasteiger partial charge >= 0.3 is 0 Å². The number of benzene rings is 5. The van der Waals surface area contributed by atoms with Crippen molar-refractivity contribution in [1.29, 1.82) is 0 Å². The molecular formula is C52H66. The minimum Gasteiger partial charge on any atom is -0.0582 e. The first-order valence-corrected chi connectivity index (χ1v) is 19.4. The molecule has 0 nitrogen and oxygen atoms in total. The van der Waals surface area contributed by atoms with Crippen LogP contribution in [0.25, 0.3) is 0 Å². The quantitative estimate of drug-likeness (QED) is 0.152. The third kappa shape index (κ3) is 7.46. The highest BCUT2D eigenvalue weighted by atomic mass is 14.4. The number of aryl methyl sites for hydroxylation is 2. The molecule has 5 rings (SSSR count). The molecular weight excluding hydrogens is 625 g/mol. The van der Waals surface area contributed by atoms with E-state index in [1.165, 1.54) is 66.8 Å². The molecule has 0 aliphatic carbocycles. The smallest absolute Gasteiger partial charge is 0.0149 e. The minimum absolute atomic E-state index is 0.0829. The Hall–Kier alpha value is -3.90. The van der Waals surface area contributed by atoms with Gasteiger partial charge in [0, 0.05) is 21.7 Å². The van der Waals surface area contributed by atoms with Crippen molar-refractivity contribution < 1.29 is 0 Å². The molecule has 0 amide bonds. The summed E-state index contributed by atoms with van der Waals surface area (Å²) in [5.41, 5.74) is 16.2. The van der Waals surface area contributed by atoms with Crippen molar-refractivity contribution >= 4 is 0 Å². The summed E-state index contributed by atoms with van der Waals surface area (Å²) in [5.74, 6) is 0. The topological polar surface area (TPSA) is 0 Å². The van der Waals surface area contributed by atoms with E-state index < -0.39 is 0 Å². The monoisotopic (exact) mass is 691 g/mol. The number of rotatable bonds is 8.